The molecule has 5 aromatic rings. The molecule has 8 N–H and O–H groups in total. The van der Waals surface area contributed by atoms with Crippen LogP contribution < -0.4 is 11.5 Å². The van der Waals surface area contributed by atoms with Gasteiger partial charge in [-0.2, -0.15) is 10.2 Å². The van der Waals surface area contributed by atoms with Crippen LogP contribution in [-0.4, -0.2) is 33.0 Å². The number of non-ortho nitro benzene ring substituents is 1. The van der Waals surface area contributed by atoms with Crippen molar-refractivity contribution in [3.05, 3.63) is 123 Å². The predicted octanol–water partition coefficient (Wildman–Crippen LogP) is 11.5. The molecule has 0 spiro atoms. The number of nitro benzene ring substituents is 2. The Kier molecular flexibility index (Phi) is 51.5. The van der Waals surface area contributed by atoms with E-state index in [0.717, 1.165) is 11.1 Å². The fraction of sp³-hybridized carbons (Fsp3) is 0.257. The molecule has 52 heavy (non-hydrogen) atoms. The smallest absolute Gasteiger partial charge is 0.310 e. The maximum Gasteiger partial charge on any atom is 0.310 e. The Bertz CT molecular complexity index is 1530. The van der Waals surface area contributed by atoms with E-state index in [4.69, 9.17) is 31.4 Å². The van der Waals surface area contributed by atoms with E-state index in [9.17, 15) is 20.2 Å². The molecule has 0 bridgehead atoms. The molecule has 0 saturated carbocycles. The van der Waals surface area contributed by atoms with Crippen LogP contribution in [0.3, 0.4) is 0 Å². The summed E-state index contributed by atoms with van der Waals surface area (Å²) in [7, 11) is 0. The Balaban J connectivity index is -0.0000000947. The molecule has 17 heteroatoms. The Morgan fingerprint density at radius 3 is 1.46 bits per heavy atom. The second-order valence-electron chi connectivity index (χ2n) is 7.10. The van der Waals surface area contributed by atoms with Gasteiger partial charge in [-0.05, 0) is 30.3 Å². The van der Waals surface area contributed by atoms with Crippen LogP contribution in [0.2, 0.25) is 0 Å². The molecule has 1 heterocycles. The highest BCUT2D eigenvalue weighted by molar-refractivity contribution is 14.2. The van der Waals surface area contributed by atoms with Gasteiger partial charge in [0.1, 0.15) is 16.2 Å². The van der Waals surface area contributed by atoms with Crippen LogP contribution in [0, 0.1) is 30.5 Å². The van der Waals surface area contributed by atoms with E-state index in [0.29, 0.717) is 5.69 Å². The van der Waals surface area contributed by atoms with E-state index in [1.807, 2.05) is 79.7 Å². The van der Waals surface area contributed by atoms with Gasteiger partial charge in [0, 0.05) is 35.6 Å². The van der Waals surface area contributed by atoms with Crippen LogP contribution in [0.25, 0.3) is 11.1 Å². The van der Waals surface area contributed by atoms with Crippen molar-refractivity contribution in [2.75, 3.05) is 13.9 Å². The first-order valence-electron chi connectivity index (χ1n) is 15.4. The van der Waals surface area contributed by atoms with Crippen molar-refractivity contribution in [3.8, 4) is 16.5 Å². The summed E-state index contributed by atoms with van der Waals surface area (Å²) in [5.41, 5.74) is 12.4. The second-order valence-corrected chi connectivity index (χ2v) is 11.9. The van der Waals surface area contributed by atoms with Crippen LogP contribution in [0.15, 0.2) is 108 Å². The van der Waals surface area contributed by atoms with E-state index >= 15 is 0 Å². The minimum Gasteiger partial charge on any atom is -0.506 e. The van der Waals surface area contributed by atoms with Crippen LogP contribution in [-0.2, 0) is 0 Å². The van der Waals surface area contributed by atoms with Crippen molar-refractivity contribution in [1.82, 2.24) is 4.98 Å². The number of nitrogens with two attached hydrogens (primary N) is 2. The number of nitro groups is 2. The SMILES string of the molecule is CC.CC.CC.CC.ICI.N#CBr.Nc1ccccc1O.Nc1nc2ccccc2o1.O.O=[N+]([O-])c1ccccc1.O=[N+]([O-])c1ccccc1O.[HH]. The second kappa shape index (κ2) is 44.8. The first kappa shape index (κ1) is 59.9. The zero-order valence-corrected chi connectivity index (χ0v) is 36.4. The molecule has 5 rings (SSSR count). The number of halogens is 3. The van der Waals surface area contributed by atoms with Crippen LogP contribution in [0.4, 0.5) is 23.1 Å². The largest absolute Gasteiger partial charge is 0.506 e. The normalized spacial score (nSPS) is 7.65. The van der Waals surface area contributed by atoms with Crippen molar-refractivity contribution in [2.45, 2.75) is 55.4 Å². The number of rotatable bonds is 2. The van der Waals surface area contributed by atoms with E-state index in [2.05, 4.69) is 66.1 Å². The van der Waals surface area contributed by atoms with E-state index in [1.165, 1.54) is 38.8 Å². The number of nitrogens with zero attached hydrogens (tertiary/aromatic N) is 4. The fourth-order valence-corrected chi connectivity index (χ4v) is 2.55. The summed E-state index contributed by atoms with van der Waals surface area (Å²) in [6.07, 6.45) is 0. The number of nitrogen functional groups attached to an aromatic ring is 2. The number of para-hydroxylation sites is 7. The Morgan fingerprint density at radius 1 is 0.750 bits per heavy atom. The monoisotopic (exact) mass is 1020 g/mol. The Hall–Kier alpha value is -4.26. The van der Waals surface area contributed by atoms with E-state index in [-0.39, 0.29) is 35.8 Å². The van der Waals surface area contributed by atoms with Crippen molar-refractivity contribution >= 4 is 95.3 Å². The molecular formula is C35H53BrI2N6O8. The molecule has 4 aromatic carbocycles. The Morgan fingerprint density at radius 2 is 1.13 bits per heavy atom. The first-order valence-corrected chi connectivity index (χ1v) is 19.2. The number of nitriles is 1. The number of phenols is 2. The average Bonchev–Trinajstić information content (AvgIpc) is 3.55. The number of benzene rings is 4. The molecule has 0 fully saturated rings. The maximum absolute atomic E-state index is 10.1. The summed E-state index contributed by atoms with van der Waals surface area (Å²) >= 11 is 7.00. The molecule has 0 radical (unpaired) electrons. The number of fused-ring (bicyclic) bond motifs is 1. The van der Waals surface area contributed by atoms with E-state index < -0.39 is 9.85 Å². The summed E-state index contributed by atoms with van der Waals surface area (Å²) < 4.78 is 6.22. The zero-order valence-electron chi connectivity index (χ0n) is 30.5. The molecule has 0 saturated heterocycles. The minimum atomic E-state index is -0.630. The highest BCUT2D eigenvalue weighted by atomic mass is 127. The summed E-state index contributed by atoms with van der Waals surface area (Å²) in [6, 6.07) is 27.9. The molecule has 0 aliphatic heterocycles. The summed E-state index contributed by atoms with van der Waals surface area (Å²) in [6.45, 7) is 16.0. The Labute approximate surface area is 343 Å². The maximum atomic E-state index is 10.1. The molecule has 292 valence electrons. The molecule has 0 aliphatic carbocycles. The van der Waals surface area contributed by atoms with Gasteiger partial charge in [-0.3, -0.25) is 20.2 Å². The molecule has 0 atom stereocenters. The van der Waals surface area contributed by atoms with Gasteiger partial charge in [-0.1, -0.05) is 155 Å². The molecule has 0 aliphatic rings. The summed E-state index contributed by atoms with van der Waals surface area (Å²) in [4.78, 5) is 24.5. The third kappa shape index (κ3) is 32.9. The van der Waals surface area contributed by atoms with Gasteiger partial charge in [-0.25, -0.2) is 0 Å². The molecule has 1 aromatic heterocycles. The van der Waals surface area contributed by atoms with Gasteiger partial charge in [-0.15, -0.1) is 0 Å². The van der Waals surface area contributed by atoms with Gasteiger partial charge in [0.15, 0.2) is 11.3 Å². The lowest BCUT2D eigenvalue weighted by atomic mass is 10.3. The van der Waals surface area contributed by atoms with Crippen LogP contribution in [0.5, 0.6) is 11.5 Å². The average molecular weight is 1020 g/mol. The van der Waals surface area contributed by atoms with Gasteiger partial charge in [0.05, 0.1) is 18.0 Å². The fourth-order valence-electron chi connectivity index (χ4n) is 2.55. The first-order chi connectivity index (χ1) is 24.5. The van der Waals surface area contributed by atoms with Crippen molar-refractivity contribution in [1.29, 1.82) is 5.26 Å². The molecule has 0 unspecified atom stereocenters. The molecule has 0 amide bonds. The minimum absolute atomic E-state index is 0. The van der Waals surface area contributed by atoms with Crippen molar-refractivity contribution in [3.63, 3.8) is 0 Å². The standard InChI is InChI=1S/C7H6N2O.C6H5NO3.C6H5NO2.C6H7NO.4C2H6.CBrN.CH2I2.H2O.H2/c8-7-9-5-3-1-2-4-6(5)10-7;8-6-4-2-1-3-5(6)7(9)10;8-7(9)6-4-2-1-3-5-6;7-5-3-1-2-4-6(5)8;4*1-2;2*2-1-3;;/h1-4H,(H2,8,9);1-4,8H;1-5H;1-4,8H,7H2;4*1-2H3;;1H2;1H2;1H. The number of oxazole rings is 1. The van der Waals surface area contributed by atoms with Crippen LogP contribution >= 0.6 is 61.1 Å². The highest BCUT2D eigenvalue weighted by Crippen LogP contribution is 2.23. The topological polar surface area (TPSA) is 260 Å². The number of aromatic nitrogens is 1. The quantitative estimate of drug-likeness (QED) is 0.0323. The van der Waals surface area contributed by atoms with Crippen molar-refractivity contribution in [2.24, 2.45) is 0 Å². The molecule has 14 nitrogen and oxygen atoms in total. The van der Waals surface area contributed by atoms with Gasteiger partial charge in [0.25, 0.3) is 11.7 Å². The highest BCUT2D eigenvalue weighted by Gasteiger charge is 2.09. The summed E-state index contributed by atoms with van der Waals surface area (Å²) in [5.74, 6) is -0.153. The number of aromatic hydroxyl groups is 2. The van der Waals surface area contributed by atoms with E-state index in [1.54, 1.807) is 47.4 Å². The van der Waals surface area contributed by atoms with Gasteiger partial charge in [0.2, 0.25) is 0 Å². The number of phenolic OH excluding ortho intramolecular Hbond substituents is 2. The third-order valence-electron chi connectivity index (χ3n) is 4.29. The lowest BCUT2D eigenvalue weighted by molar-refractivity contribution is -0.385. The zero-order chi connectivity index (χ0) is 40.6. The van der Waals surface area contributed by atoms with Crippen LogP contribution in [0.1, 0.15) is 56.8 Å². The number of anilines is 2. The van der Waals surface area contributed by atoms with Crippen molar-refractivity contribution < 1.29 is 31.4 Å². The summed E-state index contributed by atoms with van der Waals surface area (Å²) in [5, 5.41) is 44.9. The number of hydrogen-bond acceptors (Lipinski definition) is 11. The number of alkyl halides is 2. The lowest BCUT2D eigenvalue weighted by Gasteiger charge is -1.92. The van der Waals surface area contributed by atoms with Gasteiger partial charge < -0.3 is 31.6 Å². The lowest BCUT2D eigenvalue weighted by Crippen LogP contribution is -1.86. The molecular weight excluding hydrogens is 966 g/mol. The van der Waals surface area contributed by atoms with Gasteiger partial charge >= 0.3 is 5.69 Å². The third-order valence-corrected chi connectivity index (χ3v) is 4.29. The predicted molar refractivity (Wildman–Crippen MR) is 237 cm³/mol. The number of hydrogen-bond donors (Lipinski definition) is 4.